The molecule has 1 saturated heterocycles. The molecule has 8 heavy (non-hydrogen) atoms. The van der Waals surface area contributed by atoms with Crippen molar-refractivity contribution in [1.29, 1.82) is 0 Å². The summed E-state index contributed by atoms with van der Waals surface area (Å²) in [6.07, 6.45) is 3.07. The molecule has 0 aromatic carbocycles. The van der Waals surface area contributed by atoms with Crippen LogP contribution in [0.1, 0.15) is 12.8 Å². The topological polar surface area (TPSA) is 0 Å². The summed E-state index contributed by atoms with van der Waals surface area (Å²) in [5, 5.41) is 0. The van der Waals surface area contributed by atoms with E-state index in [-0.39, 0.29) is 0 Å². The van der Waals surface area contributed by atoms with Gasteiger partial charge in [-0.2, -0.15) is 0 Å². The van der Waals surface area contributed by atoms with Crippen LogP contribution in [0.5, 0.6) is 0 Å². The monoisotopic (exact) mass is 337 g/mol. The van der Waals surface area contributed by atoms with Crippen molar-refractivity contribution in [2.24, 2.45) is 5.92 Å². The van der Waals surface area contributed by atoms with Gasteiger partial charge in [-0.05, 0) is 0 Å². The van der Waals surface area contributed by atoms with E-state index < -0.39 is 0 Å². The van der Waals surface area contributed by atoms with Crippen molar-refractivity contribution in [3.8, 4) is 0 Å². The molecule has 0 amide bonds. The Bertz CT molecular complexity index is 57.5. The van der Waals surface area contributed by atoms with Crippen LogP contribution in [0.3, 0.4) is 0 Å². The van der Waals surface area contributed by atoms with E-state index in [0.717, 1.165) is 5.92 Å². The molecule has 0 nitrogen and oxygen atoms in total. The Morgan fingerprint density at radius 2 is 2.50 bits per heavy atom. The van der Waals surface area contributed by atoms with Gasteiger partial charge in [-0.3, -0.25) is 0 Å². The molecule has 0 aromatic rings. The molecule has 1 aliphatic rings. The molecule has 1 heterocycles. The van der Waals surface area contributed by atoms with Crippen molar-refractivity contribution in [3.63, 3.8) is 0 Å². The molecule has 1 atom stereocenters. The van der Waals surface area contributed by atoms with Gasteiger partial charge in [0.1, 0.15) is 0 Å². The molecule has 1 aliphatic heterocycles. The van der Waals surface area contributed by atoms with Gasteiger partial charge in [-0.15, -0.1) is 0 Å². The molecule has 50 valence electrons. The molecule has 0 aromatic heterocycles. The van der Waals surface area contributed by atoms with Gasteiger partial charge in [0.2, 0.25) is 0 Å². The molecular formula is C6H11I2-. The Kier molecular flexibility index (Phi) is 4.07. The van der Waals surface area contributed by atoms with Crippen molar-refractivity contribution in [3.05, 3.63) is 0 Å². The number of hydrogen-bond acceptors (Lipinski definition) is 0. The zero-order valence-electron chi connectivity index (χ0n) is 4.87. The van der Waals surface area contributed by atoms with Crippen LogP contribution in [0.4, 0.5) is 0 Å². The predicted molar refractivity (Wildman–Crippen MR) is 41.3 cm³/mol. The molecule has 0 radical (unpaired) electrons. The minimum absolute atomic E-state index is 0.686. The average molecular weight is 337 g/mol. The first-order valence-electron chi connectivity index (χ1n) is 3.03. The van der Waals surface area contributed by atoms with E-state index in [1.807, 2.05) is 0 Å². The third kappa shape index (κ3) is 2.37. The van der Waals surface area contributed by atoms with E-state index in [4.69, 9.17) is 0 Å². The van der Waals surface area contributed by atoms with Crippen molar-refractivity contribution in [2.45, 2.75) is 12.8 Å². The first kappa shape index (κ1) is 7.57. The second-order valence-corrected chi connectivity index (χ2v) is 6.28. The fourth-order valence-electron chi connectivity index (χ4n) is 0.916. The first-order chi connectivity index (χ1) is 3.93. The summed E-state index contributed by atoms with van der Waals surface area (Å²) in [4.78, 5) is 0. The third-order valence-electron chi connectivity index (χ3n) is 1.50. The van der Waals surface area contributed by atoms with Crippen LogP contribution in [0.25, 0.3) is 0 Å². The summed E-state index contributed by atoms with van der Waals surface area (Å²) in [5.74, 6) is 1.15. The van der Waals surface area contributed by atoms with Crippen LogP contribution in [0, 0.1) is 5.92 Å². The van der Waals surface area contributed by atoms with E-state index in [1.54, 1.807) is 15.3 Å². The zero-order chi connectivity index (χ0) is 5.82. The van der Waals surface area contributed by atoms with Crippen LogP contribution < -0.4 is 21.2 Å². The number of hydrogen-bond donors (Lipinski definition) is 0. The number of halogens is 2. The Balaban J connectivity index is 2.06. The van der Waals surface area contributed by atoms with Crippen molar-refractivity contribution in [2.75, 3.05) is 13.3 Å². The van der Waals surface area contributed by atoms with Gasteiger partial charge in [0, 0.05) is 0 Å². The number of rotatable bonds is 2. The summed E-state index contributed by atoms with van der Waals surface area (Å²) < 4.78 is 4.62. The van der Waals surface area contributed by atoms with Crippen molar-refractivity contribution >= 4 is 22.6 Å². The maximum atomic E-state index is 2.49. The Labute approximate surface area is 75.2 Å². The Morgan fingerprint density at radius 3 is 3.00 bits per heavy atom. The number of alkyl halides is 3. The van der Waals surface area contributed by atoms with Crippen LogP contribution in [-0.2, 0) is 0 Å². The molecule has 2 heteroatoms. The van der Waals surface area contributed by atoms with Gasteiger partial charge in [-0.25, -0.2) is 0 Å². The minimum atomic E-state index is 0.686. The molecule has 0 bridgehead atoms. The standard InChI is InChI=1S/C6H11I2/c7-3-1-6-2-4-8-5-6/h6H,1-5H2/q-1. The normalized spacial score (nSPS) is 29.9. The van der Waals surface area contributed by atoms with E-state index >= 15 is 0 Å². The molecule has 0 N–H and O–H groups in total. The van der Waals surface area contributed by atoms with Gasteiger partial charge in [-0.1, -0.05) is 0 Å². The molecule has 1 unspecified atom stereocenters. The molecule has 1 fully saturated rings. The van der Waals surface area contributed by atoms with Crippen LogP contribution in [0.2, 0.25) is 0 Å². The molecule has 0 saturated carbocycles. The molecule has 0 aliphatic carbocycles. The first-order valence-corrected chi connectivity index (χ1v) is 7.60. The fourth-order valence-corrected chi connectivity index (χ4v) is 5.32. The van der Waals surface area contributed by atoms with Gasteiger partial charge in [0.25, 0.3) is 0 Å². The third-order valence-corrected chi connectivity index (χ3v) is 5.37. The second kappa shape index (κ2) is 4.30. The average Bonchev–Trinajstić information content (AvgIpc) is 2.19. The van der Waals surface area contributed by atoms with Gasteiger partial charge >= 0.3 is 75.8 Å². The van der Waals surface area contributed by atoms with E-state index in [0.29, 0.717) is 21.2 Å². The van der Waals surface area contributed by atoms with E-state index in [1.165, 1.54) is 10.8 Å². The molecule has 1 rings (SSSR count). The zero-order valence-corrected chi connectivity index (χ0v) is 9.18. The van der Waals surface area contributed by atoms with Crippen molar-refractivity contribution < 1.29 is 21.2 Å². The van der Waals surface area contributed by atoms with Crippen LogP contribution in [-0.4, -0.2) is 13.3 Å². The van der Waals surface area contributed by atoms with Crippen LogP contribution in [0.15, 0.2) is 0 Å². The Morgan fingerprint density at radius 1 is 1.62 bits per heavy atom. The van der Waals surface area contributed by atoms with E-state index in [9.17, 15) is 0 Å². The van der Waals surface area contributed by atoms with Gasteiger partial charge in [0.15, 0.2) is 0 Å². The fraction of sp³-hybridized carbons (Fsp3) is 1.00. The summed E-state index contributed by atoms with van der Waals surface area (Å²) in [6, 6.07) is 0. The Hall–Kier alpha value is 1.46. The SMILES string of the molecule is ICCC1CC[I-]C1. The molecule has 0 spiro atoms. The predicted octanol–water partition coefficient (Wildman–Crippen LogP) is -1.08. The van der Waals surface area contributed by atoms with Crippen molar-refractivity contribution in [1.82, 2.24) is 0 Å². The van der Waals surface area contributed by atoms with E-state index in [2.05, 4.69) is 22.6 Å². The molecular weight excluding hydrogens is 326 g/mol. The summed E-state index contributed by atoms with van der Waals surface area (Å²) in [7, 11) is 0. The summed E-state index contributed by atoms with van der Waals surface area (Å²) in [6.45, 7) is 0. The van der Waals surface area contributed by atoms with Crippen LogP contribution >= 0.6 is 22.6 Å². The quantitative estimate of drug-likeness (QED) is 0.444. The second-order valence-electron chi connectivity index (χ2n) is 2.16. The van der Waals surface area contributed by atoms with Gasteiger partial charge in [0.05, 0.1) is 0 Å². The maximum absolute atomic E-state index is 2.49. The van der Waals surface area contributed by atoms with Gasteiger partial charge < -0.3 is 0 Å². The summed E-state index contributed by atoms with van der Waals surface area (Å²) >= 11 is 3.18. The summed E-state index contributed by atoms with van der Waals surface area (Å²) in [5.41, 5.74) is 0.